The standard InChI is InChI=1S/C68H46N2/c1-3-17-47(18-4-1)51-22-15-23-52(43-51)48-33-38-56(39-34-48)69(57-40-35-49(36-41-57)53-24-16-25-58(44-53)70-66-31-13-11-29-63(66)64-30-12-14-32-67(64)70)68-46-55(37-42-60(68)50-19-5-2-6-20-50)65-45-54-21-7-8-26-59(54)61-27-9-10-28-62(61)65/h1-46H. The van der Waals surface area contributed by atoms with Crippen molar-refractivity contribution >= 4 is 60.4 Å². The average molecular weight is 891 g/mol. The topological polar surface area (TPSA) is 8.17 Å². The first-order valence-electron chi connectivity index (χ1n) is 24.1. The highest BCUT2D eigenvalue weighted by Crippen LogP contribution is 2.46. The summed E-state index contributed by atoms with van der Waals surface area (Å²) in [6.45, 7) is 0. The van der Waals surface area contributed by atoms with Crippen LogP contribution in [0.1, 0.15) is 0 Å². The van der Waals surface area contributed by atoms with Gasteiger partial charge in [0, 0.05) is 33.4 Å². The Bertz CT molecular complexity index is 3980. The molecule has 0 aliphatic heterocycles. The number of anilines is 3. The first-order chi connectivity index (χ1) is 34.7. The molecule has 0 bridgehead atoms. The fraction of sp³-hybridized carbons (Fsp3) is 0. The normalized spacial score (nSPS) is 11.4. The molecule has 0 fully saturated rings. The largest absolute Gasteiger partial charge is 0.310 e. The van der Waals surface area contributed by atoms with Crippen molar-refractivity contribution in [2.45, 2.75) is 0 Å². The second-order valence-electron chi connectivity index (χ2n) is 18.1. The van der Waals surface area contributed by atoms with Crippen LogP contribution in [-0.2, 0) is 0 Å². The average Bonchev–Trinajstić information content (AvgIpc) is 3.78. The van der Waals surface area contributed by atoms with E-state index in [9.17, 15) is 0 Å². The minimum Gasteiger partial charge on any atom is -0.310 e. The van der Waals surface area contributed by atoms with E-state index in [2.05, 4.69) is 289 Å². The molecule has 0 aliphatic rings. The van der Waals surface area contributed by atoms with E-state index in [-0.39, 0.29) is 0 Å². The van der Waals surface area contributed by atoms with E-state index in [4.69, 9.17) is 0 Å². The Labute approximate surface area is 408 Å². The summed E-state index contributed by atoms with van der Waals surface area (Å²) in [7, 11) is 0. The van der Waals surface area contributed by atoms with Crippen LogP contribution in [0.25, 0.3) is 105 Å². The minimum absolute atomic E-state index is 1.07. The Morgan fingerprint density at radius 2 is 0.700 bits per heavy atom. The Kier molecular flexibility index (Phi) is 10.2. The summed E-state index contributed by atoms with van der Waals surface area (Å²) in [4.78, 5) is 2.44. The van der Waals surface area contributed by atoms with E-state index in [1.54, 1.807) is 0 Å². The summed E-state index contributed by atoms with van der Waals surface area (Å²) in [5, 5.41) is 7.50. The van der Waals surface area contributed by atoms with Crippen LogP contribution >= 0.6 is 0 Å². The van der Waals surface area contributed by atoms with E-state index < -0.39 is 0 Å². The Balaban J connectivity index is 0.968. The summed E-state index contributed by atoms with van der Waals surface area (Å²) in [5.74, 6) is 0. The van der Waals surface area contributed by atoms with Gasteiger partial charge in [-0.05, 0) is 138 Å². The van der Waals surface area contributed by atoms with Crippen molar-refractivity contribution < 1.29 is 0 Å². The minimum atomic E-state index is 1.07. The van der Waals surface area contributed by atoms with Crippen LogP contribution in [0.2, 0.25) is 0 Å². The van der Waals surface area contributed by atoms with Crippen molar-refractivity contribution in [3.63, 3.8) is 0 Å². The fourth-order valence-electron chi connectivity index (χ4n) is 10.6. The summed E-state index contributed by atoms with van der Waals surface area (Å²) in [5.41, 5.74) is 18.5. The quantitative estimate of drug-likeness (QED) is 0.131. The van der Waals surface area contributed by atoms with Gasteiger partial charge in [0.1, 0.15) is 0 Å². The van der Waals surface area contributed by atoms with Crippen LogP contribution in [0.5, 0.6) is 0 Å². The molecule has 0 radical (unpaired) electrons. The molecule has 0 atom stereocenters. The van der Waals surface area contributed by atoms with Crippen molar-refractivity contribution in [2.24, 2.45) is 0 Å². The van der Waals surface area contributed by atoms with Crippen LogP contribution in [0, 0.1) is 0 Å². The van der Waals surface area contributed by atoms with E-state index in [1.807, 2.05) is 0 Å². The summed E-state index contributed by atoms with van der Waals surface area (Å²) >= 11 is 0. The fourth-order valence-corrected chi connectivity index (χ4v) is 10.6. The van der Waals surface area contributed by atoms with Gasteiger partial charge in [0.05, 0.1) is 16.7 Å². The molecule has 0 unspecified atom stereocenters. The zero-order valence-electron chi connectivity index (χ0n) is 38.5. The van der Waals surface area contributed by atoms with Gasteiger partial charge in [0.2, 0.25) is 0 Å². The second-order valence-corrected chi connectivity index (χ2v) is 18.1. The number of fused-ring (bicyclic) bond motifs is 6. The van der Waals surface area contributed by atoms with Gasteiger partial charge in [0.25, 0.3) is 0 Å². The molecular formula is C68H46N2. The number of nitrogens with zero attached hydrogens (tertiary/aromatic N) is 2. The molecule has 70 heavy (non-hydrogen) atoms. The third kappa shape index (κ3) is 7.31. The first kappa shape index (κ1) is 41.0. The maximum Gasteiger partial charge on any atom is 0.0546 e. The summed E-state index contributed by atoms with van der Waals surface area (Å²) in [6, 6.07) is 102. The lowest BCUT2D eigenvalue weighted by Crippen LogP contribution is -2.11. The molecule has 1 heterocycles. The molecule has 0 spiro atoms. The number of hydrogen-bond acceptors (Lipinski definition) is 1. The lowest BCUT2D eigenvalue weighted by Gasteiger charge is -2.29. The Morgan fingerprint density at radius 1 is 0.243 bits per heavy atom. The smallest absolute Gasteiger partial charge is 0.0546 e. The molecule has 328 valence electrons. The van der Waals surface area contributed by atoms with E-state index >= 15 is 0 Å². The molecule has 0 amide bonds. The van der Waals surface area contributed by atoms with Crippen LogP contribution in [-0.4, -0.2) is 4.57 Å². The van der Waals surface area contributed by atoms with Crippen molar-refractivity contribution in [2.75, 3.05) is 4.90 Å². The van der Waals surface area contributed by atoms with E-state index in [0.717, 1.165) is 50.6 Å². The summed E-state index contributed by atoms with van der Waals surface area (Å²) < 4.78 is 2.39. The molecule has 13 aromatic rings. The van der Waals surface area contributed by atoms with E-state index in [0.29, 0.717) is 0 Å². The molecule has 0 N–H and O–H groups in total. The zero-order valence-corrected chi connectivity index (χ0v) is 38.5. The number of para-hydroxylation sites is 2. The van der Waals surface area contributed by atoms with Gasteiger partial charge in [0.15, 0.2) is 0 Å². The van der Waals surface area contributed by atoms with Crippen LogP contribution in [0.15, 0.2) is 279 Å². The molecule has 13 rings (SSSR count). The van der Waals surface area contributed by atoms with Gasteiger partial charge in [-0.25, -0.2) is 0 Å². The Hall–Kier alpha value is -9.24. The van der Waals surface area contributed by atoms with Crippen molar-refractivity contribution in [3.8, 4) is 61.3 Å². The van der Waals surface area contributed by atoms with Crippen LogP contribution in [0.3, 0.4) is 0 Å². The SMILES string of the molecule is c1ccc(-c2cccc(-c3ccc(N(c4ccc(-c5cccc(-n6c7ccccc7c7ccccc76)c5)cc4)c4cc(-c5cc6ccccc6c6ccccc56)ccc4-c4ccccc4)cc3)c2)cc1. The highest BCUT2D eigenvalue weighted by Gasteiger charge is 2.21. The maximum atomic E-state index is 2.44. The number of aromatic nitrogens is 1. The summed E-state index contributed by atoms with van der Waals surface area (Å²) in [6.07, 6.45) is 0. The molecule has 2 nitrogen and oxygen atoms in total. The molecule has 0 aliphatic carbocycles. The van der Waals surface area contributed by atoms with Crippen molar-refractivity contribution in [1.82, 2.24) is 4.57 Å². The first-order valence-corrected chi connectivity index (χ1v) is 24.1. The maximum absolute atomic E-state index is 2.44. The monoisotopic (exact) mass is 890 g/mol. The van der Waals surface area contributed by atoms with Gasteiger partial charge in [-0.1, -0.05) is 212 Å². The third-order valence-corrected chi connectivity index (χ3v) is 14.0. The lowest BCUT2D eigenvalue weighted by atomic mass is 9.91. The number of benzene rings is 12. The molecule has 0 saturated carbocycles. The van der Waals surface area contributed by atoms with Crippen molar-refractivity contribution in [3.05, 3.63) is 279 Å². The van der Waals surface area contributed by atoms with Gasteiger partial charge < -0.3 is 9.47 Å². The molecular weight excluding hydrogens is 845 g/mol. The second kappa shape index (κ2) is 17.4. The predicted octanol–water partition coefficient (Wildman–Crippen LogP) is 18.9. The van der Waals surface area contributed by atoms with Gasteiger partial charge in [-0.2, -0.15) is 0 Å². The number of rotatable bonds is 9. The molecule has 1 aromatic heterocycles. The number of hydrogen-bond donors (Lipinski definition) is 0. The van der Waals surface area contributed by atoms with Gasteiger partial charge >= 0.3 is 0 Å². The van der Waals surface area contributed by atoms with Crippen molar-refractivity contribution in [1.29, 1.82) is 0 Å². The molecule has 0 saturated heterocycles. The van der Waals surface area contributed by atoms with Crippen LogP contribution < -0.4 is 4.90 Å². The van der Waals surface area contributed by atoms with E-state index in [1.165, 1.54) is 71.2 Å². The molecule has 2 heteroatoms. The Morgan fingerprint density at radius 3 is 1.33 bits per heavy atom. The highest BCUT2D eigenvalue weighted by molar-refractivity contribution is 6.14. The highest BCUT2D eigenvalue weighted by atomic mass is 15.1. The lowest BCUT2D eigenvalue weighted by molar-refractivity contribution is 1.18. The predicted molar refractivity (Wildman–Crippen MR) is 298 cm³/mol. The molecule has 12 aromatic carbocycles. The third-order valence-electron chi connectivity index (χ3n) is 14.0. The van der Waals surface area contributed by atoms with Crippen LogP contribution in [0.4, 0.5) is 17.1 Å². The van der Waals surface area contributed by atoms with Gasteiger partial charge in [-0.15, -0.1) is 0 Å². The van der Waals surface area contributed by atoms with Gasteiger partial charge in [-0.3, -0.25) is 0 Å². The zero-order chi connectivity index (χ0) is 46.4.